The van der Waals surface area contributed by atoms with E-state index >= 15 is 0 Å². The van der Waals surface area contributed by atoms with Gasteiger partial charge in [0.2, 0.25) is 0 Å². The van der Waals surface area contributed by atoms with Gasteiger partial charge in [-0.05, 0) is 42.2 Å². The second-order valence-electron chi connectivity index (χ2n) is 6.33. The van der Waals surface area contributed by atoms with Crippen molar-refractivity contribution in [3.8, 4) is 0 Å². The molecule has 1 aliphatic rings. The molecule has 0 aromatic heterocycles. The third-order valence-corrected chi connectivity index (χ3v) is 4.81. The fourth-order valence-corrected chi connectivity index (χ4v) is 3.58. The van der Waals surface area contributed by atoms with Crippen LogP contribution in [-0.4, -0.2) is 37.2 Å². The molecule has 3 rings (SSSR count). The first-order valence-corrected chi connectivity index (χ1v) is 9.52. The van der Waals surface area contributed by atoms with Crippen molar-refractivity contribution in [2.45, 2.75) is 18.9 Å². The summed E-state index contributed by atoms with van der Waals surface area (Å²) in [5.74, 6) is 0. The fraction of sp³-hybridized carbons (Fsp3) is 0.350. The van der Waals surface area contributed by atoms with Crippen LogP contribution in [0.3, 0.4) is 0 Å². The van der Waals surface area contributed by atoms with Crippen LogP contribution in [0.2, 0.25) is 10.0 Å². The van der Waals surface area contributed by atoms with Crippen molar-refractivity contribution in [2.75, 3.05) is 26.2 Å². The highest BCUT2D eigenvalue weighted by atomic mass is 35.5. The lowest BCUT2D eigenvalue weighted by Gasteiger charge is -2.33. The summed E-state index contributed by atoms with van der Waals surface area (Å²) in [5.41, 5.74) is 2.18. The van der Waals surface area contributed by atoms with Crippen LogP contribution in [0.1, 0.15) is 23.7 Å². The lowest BCUT2D eigenvalue weighted by molar-refractivity contribution is -0.0154. The van der Waals surface area contributed by atoms with E-state index in [0.717, 1.165) is 18.4 Å². The SMILES string of the molecule is O=C(NCCCc1ccccc1)N1CCOC(c2cc(Cl)cc(Cl)c2)C1. The summed E-state index contributed by atoms with van der Waals surface area (Å²) in [5, 5.41) is 4.13. The summed E-state index contributed by atoms with van der Waals surface area (Å²) in [6, 6.07) is 15.6. The number of halogens is 2. The Morgan fingerprint density at radius 1 is 1.15 bits per heavy atom. The Hall–Kier alpha value is -1.75. The number of rotatable bonds is 5. The Bertz CT molecular complexity index is 720. The first-order chi connectivity index (χ1) is 12.6. The highest BCUT2D eigenvalue weighted by Gasteiger charge is 2.25. The number of hydrogen-bond acceptors (Lipinski definition) is 2. The van der Waals surface area contributed by atoms with Crippen molar-refractivity contribution in [1.29, 1.82) is 0 Å². The zero-order valence-electron chi connectivity index (χ0n) is 14.5. The lowest BCUT2D eigenvalue weighted by atomic mass is 10.1. The van der Waals surface area contributed by atoms with Crippen LogP contribution in [0.4, 0.5) is 4.79 Å². The largest absolute Gasteiger partial charge is 0.370 e. The number of carbonyl (C=O) groups excluding carboxylic acids is 1. The number of carbonyl (C=O) groups is 1. The standard InChI is InChI=1S/C20H22Cl2N2O2/c21-17-11-16(12-18(22)13-17)19-14-24(9-10-26-19)20(25)23-8-4-7-15-5-2-1-3-6-15/h1-3,5-6,11-13,19H,4,7-10,14H2,(H,23,25). The van der Waals surface area contributed by atoms with Crippen molar-refractivity contribution in [3.63, 3.8) is 0 Å². The Morgan fingerprint density at radius 2 is 1.88 bits per heavy atom. The van der Waals surface area contributed by atoms with Gasteiger partial charge >= 0.3 is 6.03 Å². The highest BCUT2D eigenvalue weighted by molar-refractivity contribution is 6.34. The third-order valence-electron chi connectivity index (χ3n) is 4.37. The molecular weight excluding hydrogens is 371 g/mol. The van der Waals surface area contributed by atoms with E-state index in [-0.39, 0.29) is 12.1 Å². The second-order valence-corrected chi connectivity index (χ2v) is 7.20. The minimum absolute atomic E-state index is 0.0560. The van der Waals surface area contributed by atoms with Gasteiger partial charge in [-0.3, -0.25) is 0 Å². The molecule has 138 valence electrons. The Balaban J connectivity index is 1.48. The van der Waals surface area contributed by atoms with E-state index in [9.17, 15) is 4.79 Å². The van der Waals surface area contributed by atoms with Crippen molar-refractivity contribution >= 4 is 29.2 Å². The van der Waals surface area contributed by atoms with E-state index in [4.69, 9.17) is 27.9 Å². The molecule has 1 heterocycles. The number of ether oxygens (including phenoxy) is 1. The summed E-state index contributed by atoms with van der Waals surface area (Å²) >= 11 is 12.1. The maximum atomic E-state index is 12.4. The maximum Gasteiger partial charge on any atom is 0.317 e. The first kappa shape index (κ1) is 19.0. The molecule has 2 aromatic carbocycles. The summed E-state index contributed by atoms with van der Waals surface area (Å²) in [7, 11) is 0. The van der Waals surface area contributed by atoms with E-state index in [1.807, 2.05) is 30.3 Å². The average molecular weight is 393 g/mol. The topological polar surface area (TPSA) is 41.6 Å². The van der Waals surface area contributed by atoms with Gasteiger partial charge in [-0.15, -0.1) is 0 Å². The van der Waals surface area contributed by atoms with Crippen molar-refractivity contribution in [3.05, 3.63) is 69.7 Å². The number of benzene rings is 2. The molecule has 1 fully saturated rings. The molecule has 2 amide bonds. The van der Waals surface area contributed by atoms with Gasteiger partial charge in [0, 0.05) is 23.1 Å². The first-order valence-electron chi connectivity index (χ1n) is 8.76. The van der Waals surface area contributed by atoms with E-state index in [2.05, 4.69) is 17.4 Å². The van der Waals surface area contributed by atoms with E-state index < -0.39 is 0 Å². The lowest BCUT2D eigenvalue weighted by Crippen LogP contribution is -2.47. The molecule has 0 aliphatic carbocycles. The molecule has 1 N–H and O–H groups in total. The van der Waals surface area contributed by atoms with Crippen LogP contribution in [0, 0.1) is 0 Å². The van der Waals surface area contributed by atoms with E-state index in [1.54, 1.807) is 11.0 Å². The molecular formula is C20H22Cl2N2O2. The summed E-state index contributed by atoms with van der Waals surface area (Å²) in [6.07, 6.45) is 1.65. The van der Waals surface area contributed by atoms with Crippen molar-refractivity contribution in [2.24, 2.45) is 0 Å². The third kappa shape index (κ3) is 5.37. The zero-order chi connectivity index (χ0) is 18.4. The second kappa shape index (κ2) is 9.26. The number of hydrogen-bond donors (Lipinski definition) is 1. The van der Waals surface area contributed by atoms with Gasteiger partial charge in [0.15, 0.2) is 0 Å². The quantitative estimate of drug-likeness (QED) is 0.748. The van der Waals surface area contributed by atoms with E-state index in [0.29, 0.717) is 36.3 Å². The van der Waals surface area contributed by atoms with E-state index in [1.165, 1.54) is 5.56 Å². The van der Waals surface area contributed by atoms with Crippen molar-refractivity contribution < 1.29 is 9.53 Å². The number of urea groups is 1. The van der Waals surface area contributed by atoms with Crippen LogP contribution < -0.4 is 5.32 Å². The zero-order valence-corrected chi connectivity index (χ0v) is 16.0. The molecule has 26 heavy (non-hydrogen) atoms. The van der Waals surface area contributed by atoms with Crippen molar-refractivity contribution in [1.82, 2.24) is 10.2 Å². The minimum atomic E-state index is -0.213. The number of nitrogens with one attached hydrogen (secondary N) is 1. The minimum Gasteiger partial charge on any atom is -0.370 e. The van der Waals surface area contributed by atoms with Gasteiger partial charge in [-0.1, -0.05) is 53.5 Å². The van der Waals surface area contributed by atoms with Gasteiger partial charge in [0.25, 0.3) is 0 Å². The molecule has 0 radical (unpaired) electrons. The Morgan fingerprint density at radius 3 is 2.62 bits per heavy atom. The number of nitrogens with zero attached hydrogens (tertiary/aromatic N) is 1. The van der Waals surface area contributed by atoms with Crippen LogP contribution in [0.25, 0.3) is 0 Å². The van der Waals surface area contributed by atoms with Crippen LogP contribution >= 0.6 is 23.2 Å². The molecule has 1 atom stereocenters. The molecule has 1 aliphatic heterocycles. The number of amides is 2. The maximum absolute atomic E-state index is 12.4. The van der Waals surface area contributed by atoms with Gasteiger partial charge < -0.3 is 15.0 Å². The van der Waals surface area contributed by atoms with Gasteiger partial charge in [0.05, 0.1) is 13.2 Å². The Kier molecular flexibility index (Phi) is 6.78. The smallest absolute Gasteiger partial charge is 0.317 e. The molecule has 4 nitrogen and oxygen atoms in total. The molecule has 2 aromatic rings. The molecule has 0 spiro atoms. The summed E-state index contributed by atoms with van der Waals surface area (Å²) in [6.45, 7) is 2.21. The summed E-state index contributed by atoms with van der Waals surface area (Å²) < 4.78 is 5.80. The molecule has 6 heteroatoms. The van der Waals surface area contributed by atoms with Gasteiger partial charge in [0.1, 0.15) is 6.10 Å². The van der Waals surface area contributed by atoms with Crippen LogP contribution in [0.5, 0.6) is 0 Å². The fourth-order valence-electron chi connectivity index (χ4n) is 3.04. The number of aryl methyl sites for hydroxylation is 1. The molecule has 0 bridgehead atoms. The average Bonchev–Trinajstić information content (AvgIpc) is 2.65. The summed E-state index contributed by atoms with van der Waals surface area (Å²) in [4.78, 5) is 14.2. The monoisotopic (exact) mass is 392 g/mol. The van der Waals surface area contributed by atoms with Crippen LogP contribution in [0.15, 0.2) is 48.5 Å². The highest BCUT2D eigenvalue weighted by Crippen LogP contribution is 2.28. The predicted octanol–water partition coefficient (Wildman–Crippen LogP) is 4.71. The molecule has 1 unspecified atom stereocenters. The molecule has 1 saturated heterocycles. The number of morpholine rings is 1. The van der Waals surface area contributed by atoms with Gasteiger partial charge in [-0.25, -0.2) is 4.79 Å². The normalized spacial score (nSPS) is 17.2. The predicted molar refractivity (Wildman–Crippen MR) is 105 cm³/mol. The van der Waals surface area contributed by atoms with Crippen LogP contribution in [-0.2, 0) is 11.2 Å². The molecule has 0 saturated carbocycles. The Labute approximate surface area is 164 Å². The van der Waals surface area contributed by atoms with Gasteiger partial charge in [-0.2, -0.15) is 0 Å².